The quantitative estimate of drug-likeness (QED) is 0.524. The topological polar surface area (TPSA) is 29.1 Å². The molecular weight excluding hydrogens is 126 g/mol. The highest BCUT2D eigenvalue weighted by molar-refractivity contribution is 6.64. The van der Waals surface area contributed by atoms with Gasteiger partial charge in [-0.15, -0.1) is 0 Å². The summed E-state index contributed by atoms with van der Waals surface area (Å²) in [4.78, 5) is 10.4. The van der Waals surface area contributed by atoms with Crippen molar-refractivity contribution in [2.75, 3.05) is 13.1 Å². The molecule has 1 saturated heterocycles. The molecule has 0 radical (unpaired) electrons. The third kappa shape index (κ3) is 1.20. The number of carbonyl (C=O) groups is 1. The van der Waals surface area contributed by atoms with Crippen molar-refractivity contribution in [3.8, 4) is 0 Å². The molecule has 1 atom stereocenters. The summed E-state index contributed by atoms with van der Waals surface area (Å²) in [6, 6.07) is 0. The van der Waals surface area contributed by atoms with Gasteiger partial charge in [-0.05, 0) is 24.6 Å². The molecule has 1 unspecified atom stereocenters. The van der Waals surface area contributed by atoms with Crippen LogP contribution in [0, 0.1) is 5.92 Å². The zero-order valence-corrected chi connectivity index (χ0v) is 5.24. The summed E-state index contributed by atoms with van der Waals surface area (Å²) in [7, 11) is 0. The largest absolute Gasteiger partial charge is 0.316 e. The van der Waals surface area contributed by atoms with Gasteiger partial charge in [-0.2, -0.15) is 0 Å². The van der Waals surface area contributed by atoms with Gasteiger partial charge >= 0.3 is 0 Å². The third-order valence-electron chi connectivity index (χ3n) is 1.38. The Hall–Kier alpha value is -0.0800. The van der Waals surface area contributed by atoms with Crippen molar-refractivity contribution in [1.82, 2.24) is 5.32 Å². The van der Waals surface area contributed by atoms with Crippen molar-refractivity contribution >= 4 is 16.8 Å². The highest BCUT2D eigenvalue weighted by Gasteiger charge is 2.19. The number of nitrogens with one attached hydrogen (secondary N) is 1. The lowest BCUT2D eigenvalue weighted by Crippen LogP contribution is -2.12. The van der Waals surface area contributed by atoms with E-state index >= 15 is 0 Å². The summed E-state index contributed by atoms with van der Waals surface area (Å²) in [6.45, 7) is 1.70. The first-order valence-corrected chi connectivity index (χ1v) is 3.08. The second-order valence-corrected chi connectivity index (χ2v) is 2.37. The van der Waals surface area contributed by atoms with Gasteiger partial charge in [-0.1, -0.05) is 0 Å². The molecule has 0 aliphatic carbocycles. The number of rotatable bonds is 1. The Kier molecular flexibility index (Phi) is 1.86. The minimum absolute atomic E-state index is 0.0802. The Morgan fingerprint density at radius 2 is 2.50 bits per heavy atom. The van der Waals surface area contributed by atoms with Crippen LogP contribution in [-0.4, -0.2) is 18.3 Å². The van der Waals surface area contributed by atoms with Gasteiger partial charge in [0.1, 0.15) is 0 Å². The maximum absolute atomic E-state index is 10.4. The van der Waals surface area contributed by atoms with E-state index in [-0.39, 0.29) is 11.2 Å². The molecule has 8 heavy (non-hydrogen) atoms. The predicted octanol–water partition coefficient (Wildman–Crippen LogP) is 0.361. The van der Waals surface area contributed by atoms with Gasteiger partial charge in [0.2, 0.25) is 5.24 Å². The van der Waals surface area contributed by atoms with Crippen LogP contribution in [-0.2, 0) is 4.79 Å². The Labute approximate surface area is 53.2 Å². The Morgan fingerprint density at radius 3 is 2.75 bits per heavy atom. The molecule has 1 aliphatic rings. The van der Waals surface area contributed by atoms with E-state index in [1.807, 2.05) is 0 Å². The van der Waals surface area contributed by atoms with Crippen LogP contribution in [0.4, 0.5) is 0 Å². The molecule has 0 spiro atoms. The first-order chi connectivity index (χ1) is 3.80. The average Bonchev–Trinajstić information content (AvgIpc) is 2.12. The zero-order valence-electron chi connectivity index (χ0n) is 4.48. The first-order valence-electron chi connectivity index (χ1n) is 2.71. The van der Waals surface area contributed by atoms with Gasteiger partial charge in [0.25, 0.3) is 0 Å². The number of hydrogen-bond acceptors (Lipinski definition) is 2. The number of carbonyl (C=O) groups excluding carboxylic acids is 1. The lowest BCUT2D eigenvalue weighted by atomic mass is 10.1. The van der Waals surface area contributed by atoms with Crippen molar-refractivity contribution in [1.29, 1.82) is 0 Å². The molecule has 1 heterocycles. The highest BCUT2D eigenvalue weighted by Crippen LogP contribution is 2.09. The van der Waals surface area contributed by atoms with Crippen molar-refractivity contribution in [2.45, 2.75) is 6.42 Å². The van der Waals surface area contributed by atoms with E-state index < -0.39 is 0 Å². The molecule has 3 heteroatoms. The van der Waals surface area contributed by atoms with E-state index in [2.05, 4.69) is 5.32 Å². The van der Waals surface area contributed by atoms with E-state index in [1.54, 1.807) is 0 Å². The summed E-state index contributed by atoms with van der Waals surface area (Å²) in [5.41, 5.74) is 0. The van der Waals surface area contributed by atoms with Crippen LogP contribution >= 0.6 is 11.6 Å². The molecule has 0 bridgehead atoms. The van der Waals surface area contributed by atoms with Crippen LogP contribution in [0.1, 0.15) is 6.42 Å². The van der Waals surface area contributed by atoms with Crippen molar-refractivity contribution in [2.24, 2.45) is 5.92 Å². The molecule has 46 valence electrons. The van der Waals surface area contributed by atoms with Gasteiger partial charge in [-0.25, -0.2) is 0 Å². The highest BCUT2D eigenvalue weighted by atomic mass is 35.5. The summed E-state index contributed by atoms with van der Waals surface area (Å²) >= 11 is 5.21. The fourth-order valence-corrected chi connectivity index (χ4v) is 1.03. The van der Waals surface area contributed by atoms with Crippen molar-refractivity contribution in [3.05, 3.63) is 0 Å². The van der Waals surface area contributed by atoms with Gasteiger partial charge in [0.05, 0.1) is 0 Å². The number of hydrogen-bond donors (Lipinski definition) is 1. The molecule has 0 aromatic heterocycles. The summed E-state index contributed by atoms with van der Waals surface area (Å²) in [5.74, 6) is 0.0802. The normalized spacial score (nSPS) is 28.4. The lowest BCUT2D eigenvalue weighted by molar-refractivity contribution is -0.114. The minimum Gasteiger partial charge on any atom is -0.316 e. The van der Waals surface area contributed by atoms with Crippen LogP contribution in [0.5, 0.6) is 0 Å². The Balaban J connectivity index is 2.35. The van der Waals surface area contributed by atoms with Gasteiger partial charge in [0, 0.05) is 12.5 Å². The second kappa shape index (κ2) is 2.46. The van der Waals surface area contributed by atoms with E-state index in [1.165, 1.54) is 0 Å². The molecule has 2 nitrogen and oxygen atoms in total. The van der Waals surface area contributed by atoms with Gasteiger partial charge in [0.15, 0.2) is 0 Å². The molecule has 0 aromatic rings. The fraction of sp³-hybridized carbons (Fsp3) is 0.800. The monoisotopic (exact) mass is 133 g/mol. The van der Waals surface area contributed by atoms with Gasteiger partial charge < -0.3 is 5.32 Å². The van der Waals surface area contributed by atoms with Crippen LogP contribution in [0.15, 0.2) is 0 Å². The van der Waals surface area contributed by atoms with Crippen LogP contribution < -0.4 is 5.32 Å². The standard InChI is InChI=1S/C5H8ClNO/c6-5(8)4-1-2-7-3-4/h4,7H,1-3H2. The second-order valence-electron chi connectivity index (χ2n) is 1.99. The fourth-order valence-electron chi connectivity index (χ4n) is 0.848. The molecule has 1 N–H and O–H groups in total. The van der Waals surface area contributed by atoms with Crippen LogP contribution in [0.25, 0.3) is 0 Å². The third-order valence-corrected chi connectivity index (χ3v) is 1.69. The summed E-state index contributed by atoms with van der Waals surface area (Å²) < 4.78 is 0. The predicted molar refractivity (Wildman–Crippen MR) is 31.8 cm³/mol. The van der Waals surface area contributed by atoms with Crippen LogP contribution in [0.2, 0.25) is 0 Å². The molecule has 0 saturated carbocycles. The maximum atomic E-state index is 10.4. The van der Waals surface area contributed by atoms with Crippen LogP contribution in [0.3, 0.4) is 0 Å². The van der Waals surface area contributed by atoms with E-state index in [4.69, 9.17) is 11.6 Å². The Bertz CT molecular complexity index is 98.6. The van der Waals surface area contributed by atoms with Crippen molar-refractivity contribution in [3.63, 3.8) is 0 Å². The zero-order chi connectivity index (χ0) is 5.98. The molecule has 0 aromatic carbocycles. The smallest absolute Gasteiger partial charge is 0.226 e. The number of halogens is 1. The Morgan fingerprint density at radius 1 is 1.75 bits per heavy atom. The van der Waals surface area contributed by atoms with Crippen molar-refractivity contribution < 1.29 is 4.79 Å². The lowest BCUT2D eigenvalue weighted by Gasteiger charge is -1.95. The summed E-state index contributed by atoms with van der Waals surface area (Å²) in [6.07, 6.45) is 0.905. The molecule has 1 fully saturated rings. The summed E-state index contributed by atoms with van der Waals surface area (Å²) in [5, 5.41) is 2.85. The molecule has 1 rings (SSSR count). The first kappa shape index (κ1) is 6.05. The van der Waals surface area contributed by atoms with E-state index in [0.29, 0.717) is 0 Å². The minimum atomic E-state index is -0.199. The molecule has 1 aliphatic heterocycles. The molecular formula is C5H8ClNO. The molecule has 0 amide bonds. The maximum Gasteiger partial charge on any atom is 0.226 e. The SMILES string of the molecule is O=C(Cl)C1CCNC1. The van der Waals surface area contributed by atoms with Gasteiger partial charge in [-0.3, -0.25) is 4.79 Å². The van der Waals surface area contributed by atoms with E-state index in [9.17, 15) is 4.79 Å². The average molecular weight is 134 g/mol. The van der Waals surface area contributed by atoms with E-state index in [0.717, 1.165) is 19.5 Å².